The Hall–Kier alpha value is -2.10. The Morgan fingerprint density at radius 1 is 1.25 bits per heavy atom. The minimum absolute atomic E-state index is 0.285. The van der Waals surface area contributed by atoms with Crippen LogP contribution in [0.2, 0.25) is 0 Å². The van der Waals surface area contributed by atoms with Gasteiger partial charge >= 0.3 is 0 Å². The van der Waals surface area contributed by atoms with Gasteiger partial charge in [-0.1, -0.05) is 18.2 Å². The molecule has 0 fully saturated rings. The third kappa shape index (κ3) is 1.69. The van der Waals surface area contributed by atoms with Crippen molar-refractivity contribution in [2.75, 3.05) is 5.73 Å². The molecule has 4 heteroatoms. The highest BCUT2D eigenvalue weighted by Gasteiger charge is 2.08. The molecule has 0 bridgehead atoms. The number of hydrogen-bond donors (Lipinski definition) is 2. The maximum absolute atomic E-state index is 5.55. The lowest BCUT2D eigenvalue weighted by Gasteiger charge is -1.93. The second-order valence-electron chi connectivity index (χ2n) is 3.44. The number of nitrogens with one attached hydrogen (secondary N) is 1. The van der Waals surface area contributed by atoms with Crippen LogP contribution in [-0.4, -0.2) is 15.0 Å². The number of fused-ring (bicyclic) bond motifs is 1. The summed E-state index contributed by atoms with van der Waals surface area (Å²) in [5, 5.41) is 0.986. The lowest BCUT2D eigenvalue weighted by atomic mass is 10.1. The van der Waals surface area contributed by atoms with Crippen LogP contribution < -0.4 is 5.73 Å². The van der Waals surface area contributed by atoms with Crippen LogP contribution in [0.25, 0.3) is 23.2 Å². The van der Waals surface area contributed by atoms with Crippen molar-refractivity contribution >= 4 is 29.1 Å². The average Bonchev–Trinajstić information content (AvgIpc) is 2.57. The zero-order valence-corrected chi connectivity index (χ0v) is 9.36. The highest BCUT2D eigenvalue weighted by Crippen LogP contribution is 2.23. The molecule has 16 heavy (non-hydrogen) atoms. The van der Waals surface area contributed by atoms with Gasteiger partial charge in [0.15, 0.2) is 0 Å². The van der Waals surface area contributed by atoms with Crippen molar-refractivity contribution < 1.29 is 0 Å². The molecule has 0 aliphatic rings. The summed E-state index contributed by atoms with van der Waals surface area (Å²) in [6.45, 7) is 3.96. The molecule has 0 aliphatic carbocycles. The lowest BCUT2D eigenvalue weighted by molar-refractivity contribution is 1.21. The topological polar surface area (TPSA) is 67.6 Å². The molecule has 0 aliphatic heterocycles. The molecule has 0 saturated carbocycles. The number of hydrogen-bond acceptors (Lipinski definition) is 3. The Labute approximate surface area is 93.9 Å². The van der Waals surface area contributed by atoms with Gasteiger partial charge < -0.3 is 10.7 Å². The summed E-state index contributed by atoms with van der Waals surface area (Å²) in [5.41, 5.74) is 8.44. The van der Waals surface area contributed by atoms with E-state index in [9.17, 15) is 0 Å². The molecule has 2 rings (SSSR count). The maximum atomic E-state index is 5.55. The Morgan fingerprint density at radius 2 is 2.00 bits per heavy atom. The Kier molecular flexibility index (Phi) is 2.72. The second-order valence-corrected chi connectivity index (χ2v) is 3.44. The number of rotatable bonds is 2. The molecule has 0 radical (unpaired) electrons. The minimum Gasteiger partial charge on any atom is -0.368 e. The first-order valence-electron chi connectivity index (χ1n) is 5.16. The lowest BCUT2D eigenvalue weighted by Crippen LogP contribution is -1.93. The van der Waals surface area contributed by atoms with E-state index in [-0.39, 0.29) is 5.95 Å². The summed E-state index contributed by atoms with van der Waals surface area (Å²) in [6, 6.07) is 0. The van der Waals surface area contributed by atoms with Gasteiger partial charge in [0.2, 0.25) is 5.95 Å². The summed E-state index contributed by atoms with van der Waals surface area (Å²) in [6.07, 6.45) is 9.76. The number of allylic oxidation sites excluding steroid dienone is 2. The zero-order valence-electron chi connectivity index (χ0n) is 9.36. The van der Waals surface area contributed by atoms with Gasteiger partial charge in [-0.3, -0.25) is 0 Å². The van der Waals surface area contributed by atoms with E-state index in [4.69, 9.17) is 5.73 Å². The molecule has 2 aromatic rings. The molecular weight excluding hydrogens is 200 g/mol. The summed E-state index contributed by atoms with van der Waals surface area (Å²) >= 11 is 0. The van der Waals surface area contributed by atoms with Crippen LogP contribution in [0.3, 0.4) is 0 Å². The standard InChI is InChI=1S/C12H14N4/c1-3-5-8-9-7-14-12(13)16-11(9)15-10(8)6-4-2/h3-7H,1-2H3,(H3,13,14,15,16)/b5-3-,6-4-. The molecular formula is C12H14N4. The van der Waals surface area contributed by atoms with Crippen molar-refractivity contribution in [2.45, 2.75) is 13.8 Å². The van der Waals surface area contributed by atoms with Gasteiger partial charge in [-0.2, -0.15) is 4.98 Å². The van der Waals surface area contributed by atoms with Crippen molar-refractivity contribution in [1.29, 1.82) is 0 Å². The molecule has 0 aromatic carbocycles. The molecule has 82 valence electrons. The normalized spacial score (nSPS) is 12.1. The fraction of sp³-hybridized carbons (Fsp3) is 0.167. The average molecular weight is 214 g/mol. The predicted octanol–water partition coefficient (Wildman–Crippen LogP) is 2.61. The predicted molar refractivity (Wildman–Crippen MR) is 67.7 cm³/mol. The fourth-order valence-corrected chi connectivity index (χ4v) is 1.67. The van der Waals surface area contributed by atoms with Crippen molar-refractivity contribution in [1.82, 2.24) is 15.0 Å². The molecule has 2 heterocycles. The zero-order chi connectivity index (χ0) is 11.5. The molecule has 0 unspecified atom stereocenters. The van der Waals surface area contributed by atoms with Gasteiger partial charge in [-0.25, -0.2) is 4.98 Å². The smallest absolute Gasteiger partial charge is 0.221 e. The third-order valence-corrected chi connectivity index (χ3v) is 2.31. The third-order valence-electron chi connectivity index (χ3n) is 2.31. The number of nitrogens with zero attached hydrogens (tertiary/aromatic N) is 2. The van der Waals surface area contributed by atoms with Crippen molar-refractivity contribution in [3.8, 4) is 0 Å². The number of H-pyrrole nitrogens is 1. The highest BCUT2D eigenvalue weighted by molar-refractivity contribution is 5.90. The van der Waals surface area contributed by atoms with Gasteiger partial charge in [0, 0.05) is 22.8 Å². The van der Waals surface area contributed by atoms with Crippen LogP contribution in [0.4, 0.5) is 5.95 Å². The quantitative estimate of drug-likeness (QED) is 0.807. The monoisotopic (exact) mass is 214 g/mol. The summed E-state index contributed by atoms with van der Waals surface area (Å²) < 4.78 is 0. The van der Waals surface area contributed by atoms with Gasteiger partial charge in [0.1, 0.15) is 5.65 Å². The summed E-state index contributed by atoms with van der Waals surface area (Å²) in [4.78, 5) is 11.4. The van der Waals surface area contributed by atoms with Crippen LogP contribution in [0.5, 0.6) is 0 Å². The number of aromatic nitrogens is 3. The SMILES string of the molecule is C/C=C\c1[nH]c2nc(N)ncc2c1/C=C\C. The van der Waals surface area contributed by atoms with Gasteiger partial charge in [0.25, 0.3) is 0 Å². The van der Waals surface area contributed by atoms with E-state index in [1.165, 1.54) is 0 Å². The molecule has 0 spiro atoms. The first-order valence-corrected chi connectivity index (χ1v) is 5.16. The van der Waals surface area contributed by atoms with Gasteiger partial charge in [-0.15, -0.1) is 0 Å². The molecule has 3 N–H and O–H groups in total. The van der Waals surface area contributed by atoms with Gasteiger partial charge in [0.05, 0.1) is 0 Å². The van der Waals surface area contributed by atoms with Crippen molar-refractivity contribution in [2.24, 2.45) is 0 Å². The van der Waals surface area contributed by atoms with E-state index < -0.39 is 0 Å². The number of aromatic amines is 1. The molecule has 0 saturated heterocycles. The first kappa shape index (κ1) is 10.4. The number of anilines is 1. The first-order chi connectivity index (χ1) is 7.76. The van der Waals surface area contributed by atoms with Crippen molar-refractivity contribution in [3.63, 3.8) is 0 Å². The molecule has 2 aromatic heterocycles. The van der Waals surface area contributed by atoms with E-state index in [1.807, 2.05) is 38.2 Å². The van der Waals surface area contributed by atoms with Crippen LogP contribution >= 0.6 is 0 Å². The Morgan fingerprint density at radius 3 is 2.69 bits per heavy atom. The Bertz CT molecular complexity index is 564. The van der Waals surface area contributed by atoms with E-state index in [2.05, 4.69) is 15.0 Å². The van der Waals surface area contributed by atoms with Crippen LogP contribution in [-0.2, 0) is 0 Å². The van der Waals surface area contributed by atoms with E-state index in [0.29, 0.717) is 0 Å². The molecule has 0 atom stereocenters. The fourth-order valence-electron chi connectivity index (χ4n) is 1.67. The van der Waals surface area contributed by atoms with E-state index >= 15 is 0 Å². The summed E-state index contributed by atoms with van der Waals surface area (Å²) in [5.74, 6) is 0.285. The van der Waals surface area contributed by atoms with Gasteiger partial charge in [-0.05, 0) is 19.9 Å². The molecule has 0 amide bonds. The Balaban J connectivity index is 2.75. The van der Waals surface area contributed by atoms with Crippen molar-refractivity contribution in [3.05, 3.63) is 29.6 Å². The minimum atomic E-state index is 0.285. The largest absolute Gasteiger partial charge is 0.368 e. The highest BCUT2D eigenvalue weighted by atomic mass is 15.0. The van der Waals surface area contributed by atoms with Crippen LogP contribution in [0.15, 0.2) is 18.3 Å². The van der Waals surface area contributed by atoms with Crippen LogP contribution in [0.1, 0.15) is 25.1 Å². The number of nitrogens with two attached hydrogens (primary N) is 1. The molecule has 4 nitrogen and oxygen atoms in total. The number of nitrogen functional groups attached to an aromatic ring is 1. The summed E-state index contributed by atoms with van der Waals surface area (Å²) in [7, 11) is 0. The van der Waals surface area contributed by atoms with E-state index in [0.717, 1.165) is 22.3 Å². The van der Waals surface area contributed by atoms with E-state index in [1.54, 1.807) is 6.20 Å². The maximum Gasteiger partial charge on any atom is 0.221 e. The second kappa shape index (κ2) is 4.18. The van der Waals surface area contributed by atoms with Crippen LogP contribution in [0, 0.1) is 0 Å².